The molecule has 7 heteroatoms. The Morgan fingerprint density at radius 3 is 2.34 bits per heavy atom. The van der Waals surface area contributed by atoms with Crippen molar-refractivity contribution >= 4 is 29.1 Å². The summed E-state index contributed by atoms with van der Waals surface area (Å²) in [5, 5.41) is 0.820. The maximum absolute atomic E-state index is 13.7. The van der Waals surface area contributed by atoms with E-state index in [2.05, 4.69) is 26.0 Å². The summed E-state index contributed by atoms with van der Waals surface area (Å²) in [5.74, 6) is 2.25. The topological polar surface area (TPSA) is 48.0 Å². The number of hydrogen-bond acceptors (Lipinski definition) is 4. The van der Waals surface area contributed by atoms with E-state index in [0.29, 0.717) is 46.0 Å². The number of fused-ring (bicyclic) bond motifs is 1. The molecule has 1 aliphatic rings. The molecule has 0 N–H and O–H groups in total. The standard InChI is InChI=1S/C28H29Cl2NO4/c1-17(2)18-5-8-21(9-6-18)35-16-25-22-15-27(34-4)26(33-3)13-19(22)11-12-31(25)28(32)23-14-20(29)7-10-24(23)30/h5-10,13-15,17,25H,11-12,16H2,1-4H3. The van der Waals surface area contributed by atoms with Gasteiger partial charge in [0.15, 0.2) is 11.5 Å². The number of amides is 1. The molecule has 1 heterocycles. The van der Waals surface area contributed by atoms with Crippen LogP contribution in [0, 0.1) is 0 Å². The lowest BCUT2D eigenvalue weighted by atomic mass is 9.91. The van der Waals surface area contributed by atoms with Gasteiger partial charge in [0, 0.05) is 11.6 Å². The van der Waals surface area contributed by atoms with Gasteiger partial charge in [0.05, 0.1) is 30.8 Å². The zero-order valence-electron chi connectivity index (χ0n) is 20.3. The molecule has 1 atom stereocenters. The lowest BCUT2D eigenvalue weighted by Crippen LogP contribution is -2.42. The minimum Gasteiger partial charge on any atom is -0.493 e. The number of benzene rings is 3. The van der Waals surface area contributed by atoms with Crippen molar-refractivity contribution in [3.05, 3.63) is 86.9 Å². The summed E-state index contributed by atoms with van der Waals surface area (Å²) in [5.41, 5.74) is 3.66. The van der Waals surface area contributed by atoms with Crippen LogP contribution in [0.2, 0.25) is 10.0 Å². The largest absolute Gasteiger partial charge is 0.493 e. The highest BCUT2D eigenvalue weighted by Crippen LogP contribution is 2.39. The third-order valence-electron chi connectivity index (χ3n) is 6.38. The molecule has 0 spiro atoms. The molecule has 184 valence electrons. The highest BCUT2D eigenvalue weighted by atomic mass is 35.5. The van der Waals surface area contributed by atoms with E-state index in [4.69, 9.17) is 37.4 Å². The number of nitrogens with zero attached hydrogens (tertiary/aromatic N) is 1. The third kappa shape index (κ3) is 5.36. The Morgan fingerprint density at radius 2 is 1.69 bits per heavy atom. The maximum Gasteiger partial charge on any atom is 0.256 e. The molecule has 0 bridgehead atoms. The fourth-order valence-electron chi connectivity index (χ4n) is 4.39. The van der Waals surface area contributed by atoms with Gasteiger partial charge in [0.1, 0.15) is 12.4 Å². The first-order chi connectivity index (χ1) is 16.8. The number of carbonyl (C=O) groups excluding carboxylic acids is 1. The highest BCUT2D eigenvalue weighted by Gasteiger charge is 2.34. The Morgan fingerprint density at radius 1 is 1.00 bits per heavy atom. The molecule has 1 aliphatic heterocycles. The van der Waals surface area contributed by atoms with Crippen LogP contribution in [0.15, 0.2) is 54.6 Å². The first-order valence-corrected chi connectivity index (χ1v) is 12.3. The molecule has 5 nitrogen and oxygen atoms in total. The summed E-state index contributed by atoms with van der Waals surface area (Å²) < 4.78 is 17.3. The molecule has 0 aliphatic carbocycles. The number of halogens is 2. The SMILES string of the molecule is COc1cc2c(cc1OC)C(COc1ccc(C(C)C)cc1)N(C(=O)c1cc(Cl)ccc1Cl)CC2. The zero-order chi connectivity index (χ0) is 25.1. The van der Waals surface area contributed by atoms with Crippen LogP contribution >= 0.6 is 23.2 Å². The van der Waals surface area contributed by atoms with Gasteiger partial charge in [-0.1, -0.05) is 49.2 Å². The molecular formula is C28H29Cl2NO4. The van der Waals surface area contributed by atoms with Crippen molar-refractivity contribution in [1.82, 2.24) is 4.90 Å². The summed E-state index contributed by atoms with van der Waals surface area (Å²) in [4.78, 5) is 15.5. The van der Waals surface area contributed by atoms with Crippen molar-refractivity contribution in [2.75, 3.05) is 27.4 Å². The Kier molecular flexibility index (Phi) is 7.78. The molecule has 4 rings (SSSR count). The monoisotopic (exact) mass is 513 g/mol. The van der Waals surface area contributed by atoms with Gasteiger partial charge in [-0.3, -0.25) is 4.79 Å². The van der Waals surface area contributed by atoms with Crippen molar-refractivity contribution in [2.45, 2.75) is 32.2 Å². The Labute approximate surface area is 216 Å². The van der Waals surface area contributed by atoms with Gasteiger partial charge in [0.2, 0.25) is 0 Å². The van der Waals surface area contributed by atoms with Crippen molar-refractivity contribution in [1.29, 1.82) is 0 Å². The number of rotatable bonds is 7. The van der Waals surface area contributed by atoms with Crippen molar-refractivity contribution in [2.24, 2.45) is 0 Å². The maximum atomic E-state index is 13.7. The molecule has 3 aromatic rings. The van der Waals surface area contributed by atoms with Crippen LogP contribution in [0.1, 0.15) is 52.9 Å². The summed E-state index contributed by atoms with van der Waals surface area (Å²) >= 11 is 12.6. The summed E-state index contributed by atoms with van der Waals surface area (Å²) in [7, 11) is 3.22. The summed E-state index contributed by atoms with van der Waals surface area (Å²) in [6, 6.07) is 16.5. The van der Waals surface area contributed by atoms with Gasteiger partial charge >= 0.3 is 0 Å². The minimum absolute atomic E-state index is 0.193. The van der Waals surface area contributed by atoms with E-state index in [9.17, 15) is 4.79 Å². The van der Waals surface area contributed by atoms with E-state index in [1.807, 2.05) is 24.3 Å². The molecule has 0 saturated carbocycles. The molecule has 3 aromatic carbocycles. The highest BCUT2D eigenvalue weighted by molar-refractivity contribution is 6.35. The predicted molar refractivity (Wildman–Crippen MR) is 140 cm³/mol. The van der Waals surface area contributed by atoms with E-state index in [1.165, 1.54) is 5.56 Å². The second-order valence-corrected chi connectivity index (χ2v) is 9.67. The van der Waals surface area contributed by atoms with E-state index in [-0.39, 0.29) is 18.6 Å². The van der Waals surface area contributed by atoms with Crippen LogP contribution in [-0.2, 0) is 6.42 Å². The minimum atomic E-state index is -0.356. The molecular weight excluding hydrogens is 485 g/mol. The van der Waals surface area contributed by atoms with Crippen LogP contribution in [0.4, 0.5) is 0 Å². The first kappa shape index (κ1) is 25.2. The molecule has 0 fully saturated rings. The fourth-order valence-corrected chi connectivity index (χ4v) is 4.76. The Balaban J connectivity index is 1.70. The van der Waals surface area contributed by atoms with Crippen LogP contribution in [0.3, 0.4) is 0 Å². The van der Waals surface area contributed by atoms with E-state index in [1.54, 1.807) is 37.3 Å². The van der Waals surface area contributed by atoms with Crippen LogP contribution < -0.4 is 14.2 Å². The third-order valence-corrected chi connectivity index (χ3v) is 6.94. The lowest BCUT2D eigenvalue weighted by molar-refractivity contribution is 0.0589. The van der Waals surface area contributed by atoms with E-state index >= 15 is 0 Å². The predicted octanol–water partition coefficient (Wildman–Crippen LogP) is 6.95. The number of methoxy groups -OCH3 is 2. The number of ether oxygens (including phenoxy) is 3. The van der Waals surface area contributed by atoms with Gasteiger partial charge in [-0.15, -0.1) is 0 Å². The van der Waals surface area contributed by atoms with Crippen LogP contribution in [-0.4, -0.2) is 38.2 Å². The quantitative estimate of drug-likeness (QED) is 0.342. The van der Waals surface area contributed by atoms with E-state index < -0.39 is 0 Å². The molecule has 0 aromatic heterocycles. The van der Waals surface area contributed by atoms with Gasteiger partial charge in [0.25, 0.3) is 5.91 Å². The van der Waals surface area contributed by atoms with E-state index in [0.717, 1.165) is 16.9 Å². The van der Waals surface area contributed by atoms with Crippen LogP contribution in [0.5, 0.6) is 17.2 Å². The number of carbonyl (C=O) groups is 1. The average molecular weight is 514 g/mol. The van der Waals surface area contributed by atoms with Gasteiger partial charge in [-0.25, -0.2) is 0 Å². The lowest BCUT2D eigenvalue weighted by Gasteiger charge is -2.38. The first-order valence-electron chi connectivity index (χ1n) is 11.6. The van der Waals surface area contributed by atoms with Crippen molar-refractivity contribution in [3.8, 4) is 17.2 Å². The molecule has 0 saturated heterocycles. The second-order valence-electron chi connectivity index (χ2n) is 8.83. The number of hydrogen-bond donors (Lipinski definition) is 0. The van der Waals surface area contributed by atoms with Crippen molar-refractivity contribution < 1.29 is 19.0 Å². The molecule has 1 unspecified atom stereocenters. The van der Waals surface area contributed by atoms with Crippen LogP contribution in [0.25, 0.3) is 0 Å². The Bertz CT molecular complexity index is 1210. The van der Waals surface area contributed by atoms with Gasteiger partial charge < -0.3 is 19.1 Å². The Hall–Kier alpha value is -2.89. The molecule has 35 heavy (non-hydrogen) atoms. The molecule has 0 radical (unpaired) electrons. The zero-order valence-corrected chi connectivity index (χ0v) is 21.8. The van der Waals surface area contributed by atoms with Crippen molar-refractivity contribution in [3.63, 3.8) is 0 Å². The smallest absolute Gasteiger partial charge is 0.256 e. The summed E-state index contributed by atoms with van der Waals surface area (Å²) in [6.45, 7) is 5.08. The normalized spacial score (nSPS) is 15.1. The second kappa shape index (κ2) is 10.8. The molecule has 1 amide bonds. The van der Waals surface area contributed by atoms with Gasteiger partial charge in [-0.2, -0.15) is 0 Å². The summed E-state index contributed by atoms with van der Waals surface area (Å²) in [6.07, 6.45) is 0.666. The average Bonchev–Trinajstić information content (AvgIpc) is 2.87. The van der Waals surface area contributed by atoms with Gasteiger partial charge in [-0.05, 0) is 71.5 Å². The fraction of sp³-hybridized carbons (Fsp3) is 0.321.